The molecular formula is C7H9BrN2O4S2. The van der Waals surface area contributed by atoms with Gasteiger partial charge >= 0.3 is 0 Å². The largest absolute Gasteiger partial charge is 0.247 e. The van der Waals surface area contributed by atoms with Crippen molar-refractivity contribution in [3.8, 4) is 0 Å². The van der Waals surface area contributed by atoms with Crippen molar-refractivity contribution in [2.45, 2.75) is 0 Å². The Morgan fingerprint density at radius 1 is 1.12 bits per heavy atom. The molecule has 1 aromatic rings. The summed E-state index contributed by atoms with van der Waals surface area (Å²) in [6.45, 7) is 0. The number of nitrogens with zero attached hydrogens (tertiary/aromatic N) is 2. The zero-order valence-corrected chi connectivity index (χ0v) is 11.7. The predicted molar refractivity (Wildman–Crippen MR) is 64.1 cm³/mol. The van der Waals surface area contributed by atoms with Crippen molar-refractivity contribution < 1.29 is 16.8 Å². The van der Waals surface area contributed by atoms with E-state index in [1.807, 2.05) is 0 Å². The highest BCUT2D eigenvalue weighted by Gasteiger charge is 2.27. The summed E-state index contributed by atoms with van der Waals surface area (Å²) in [6, 6.07) is 2.80. The number of sulfonamides is 2. The molecule has 0 fully saturated rings. The van der Waals surface area contributed by atoms with E-state index >= 15 is 0 Å². The fourth-order valence-corrected chi connectivity index (χ4v) is 4.29. The first-order valence-electron chi connectivity index (χ1n) is 3.94. The average molecular weight is 329 g/mol. The van der Waals surface area contributed by atoms with Crippen molar-refractivity contribution in [3.05, 3.63) is 22.9 Å². The maximum absolute atomic E-state index is 11.4. The van der Waals surface area contributed by atoms with Gasteiger partial charge in [-0.15, -0.1) is 0 Å². The summed E-state index contributed by atoms with van der Waals surface area (Å²) in [4.78, 5) is 3.77. The molecule has 0 bridgehead atoms. The zero-order valence-electron chi connectivity index (χ0n) is 8.45. The summed E-state index contributed by atoms with van der Waals surface area (Å²) in [6.07, 6.45) is 2.79. The highest BCUT2D eigenvalue weighted by Crippen LogP contribution is 2.21. The van der Waals surface area contributed by atoms with Crippen LogP contribution in [0.3, 0.4) is 0 Å². The summed E-state index contributed by atoms with van der Waals surface area (Å²) in [7, 11) is -7.80. The molecule has 90 valence electrons. The molecule has 0 amide bonds. The molecule has 0 aliphatic carbocycles. The fraction of sp³-hybridized carbons (Fsp3) is 0.286. The maximum atomic E-state index is 11.4. The third-order valence-electron chi connectivity index (χ3n) is 1.53. The van der Waals surface area contributed by atoms with Crippen LogP contribution in [-0.4, -0.2) is 34.3 Å². The minimum atomic E-state index is -3.90. The summed E-state index contributed by atoms with van der Waals surface area (Å²) in [5.74, 6) is 0. The van der Waals surface area contributed by atoms with Gasteiger partial charge in [0, 0.05) is 0 Å². The first-order valence-corrected chi connectivity index (χ1v) is 8.43. The molecule has 0 aliphatic heterocycles. The SMILES string of the molecule is CS(=O)(=O)N(c1ccc(Br)nc1)S(C)(=O)=O. The monoisotopic (exact) mass is 328 g/mol. The van der Waals surface area contributed by atoms with Crippen LogP contribution >= 0.6 is 15.9 Å². The van der Waals surface area contributed by atoms with E-state index in [-0.39, 0.29) is 5.69 Å². The van der Waals surface area contributed by atoms with Gasteiger partial charge < -0.3 is 0 Å². The van der Waals surface area contributed by atoms with Crippen LogP contribution in [0.1, 0.15) is 0 Å². The fourth-order valence-electron chi connectivity index (χ4n) is 1.10. The van der Waals surface area contributed by atoms with Crippen molar-refractivity contribution >= 4 is 41.7 Å². The van der Waals surface area contributed by atoms with Gasteiger partial charge in [-0.1, -0.05) is 0 Å². The second kappa shape index (κ2) is 4.30. The molecule has 0 saturated heterocycles. The molecule has 6 nitrogen and oxygen atoms in total. The topological polar surface area (TPSA) is 84.4 Å². The Bertz CT molecular complexity index is 547. The number of pyridine rings is 1. The van der Waals surface area contributed by atoms with Crippen LogP contribution in [0.5, 0.6) is 0 Å². The van der Waals surface area contributed by atoms with E-state index in [0.717, 1.165) is 18.7 Å². The van der Waals surface area contributed by atoms with E-state index in [2.05, 4.69) is 20.9 Å². The van der Waals surface area contributed by atoms with Gasteiger partial charge in [0.2, 0.25) is 20.0 Å². The van der Waals surface area contributed by atoms with E-state index in [9.17, 15) is 16.8 Å². The molecule has 1 heterocycles. The number of rotatable bonds is 3. The molecule has 16 heavy (non-hydrogen) atoms. The number of hydrogen-bond acceptors (Lipinski definition) is 5. The van der Waals surface area contributed by atoms with Gasteiger partial charge in [0.15, 0.2) is 0 Å². The molecule has 1 rings (SSSR count). The van der Waals surface area contributed by atoms with Gasteiger partial charge in [0.05, 0.1) is 24.4 Å². The third-order valence-corrected chi connectivity index (χ3v) is 5.25. The van der Waals surface area contributed by atoms with Crippen LogP contribution < -0.4 is 3.71 Å². The first kappa shape index (κ1) is 13.4. The van der Waals surface area contributed by atoms with E-state index in [1.165, 1.54) is 12.1 Å². The van der Waals surface area contributed by atoms with Crippen LogP contribution in [0, 0.1) is 0 Å². The lowest BCUT2D eigenvalue weighted by molar-refractivity contribution is 0.590. The molecule has 0 atom stereocenters. The van der Waals surface area contributed by atoms with Crippen LogP contribution in [0.2, 0.25) is 0 Å². The van der Waals surface area contributed by atoms with E-state index in [1.54, 1.807) is 0 Å². The molecule has 0 radical (unpaired) electrons. The highest BCUT2D eigenvalue weighted by molar-refractivity contribution is 9.10. The Morgan fingerprint density at radius 3 is 1.94 bits per heavy atom. The minimum Gasteiger partial charge on any atom is -0.247 e. The van der Waals surface area contributed by atoms with Crippen LogP contribution in [0.15, 0.2) is 22.9 Å². The van der Waals surface area contributed by atoms with Gasteiger partial charge in [-0.3, -0.25) is 0 Å². The lowest BCUT2D eigenvalue weighted by atomic mass is 10.4. The smallest absolute Gasteiger partial charge is 0.245 e. The van der Waals surface area contributed by atoms with Crippen LogP contribution in [0.4, 0.5) is 5.69 Å². The molecular weight excluding hydrogens is 320 g/mol. The minimum absolute atomic E-state index is 0.0202. The molecule has 1 aromatic heterocycles. The van der Waals surface area contributed by atoms with Gasteiger partial charge in [0.1, 0.15) is 4.60 Å². The lowest BCUT2D eigenvalue weighted by Gasteiger charge is -2.18. The number of aromatic nitrogens is 1. The third kappa shape index (κ3) is 3.16. The maximum Gasteiger partial charge on any atom is 0.245 e. The number of halogens is 1. The molecule has 0 saturated carbocycles. The normalized spacial score (nSPS) is 12.4. The predicted octanol–water partition coefficient (Wildman–Crippen LogP) is 0.570. The Morgan fingerprint density at radius 2 is 1.62 bits per heavy atom. The number of anilines is 1. The summed E-state index contributed by atoms with van der Waals surface area (Å²) in [5.41, 5.74) is -0.0202. The molecule has 0 unspecified atom stereocenters. The van der Waals surface area contributed by atoms with Crippen molar-refractivity contribution in [1.29, 1.82) is 0 Å². The van der Waals surface area contributed by atoms with Crippen LogP contribution in [0.25, 0.3) is 0 Å². The standard InChI is InChI=1S/C7H9BrN2O4S2/c1-15(11,12)10(16(2,13)14)6-3-4-7(8)9-5-6/h3-5H,1-2H3. The summed E-state index contributed by atoms with van der Waals surface area (Å²) >= 11 is 3.07. The van der Waals surface area contributed by atoms with E-state index in [4.69, 9.17) is 0 Å². The molecule has 0 aromatic carbocycles. The molecule has 9 heteroatoms. The Hall–Kier alpha value is -0.670. The second-order valence-corrected chi connectivity index (χ2v) is 7.77. The van der Waals surface area contributed by atoms with Gasteiger partial charge in [-0.25, -0.2) is 21.8 Å². The summed E-state index contributed by atoms with van der Waals surface area (Å²) < 4.78 is 46.3. The van der Waals surface area contributed by atoms with Gasteiger partial charge in [-0.2, -0.15) is 3.71 Å². The summed E-state index contributed by atoms with van der Waals surface area (Å²) in [5, 5.41) is 0. The quantitative estimate of drug-likeness (QED) is 0.757. The molecule has 0 aliphatic rings. The molecule has 0 spiro atoms. The van der Waals surface area contributed by atoms with E-state index < -0.39 is 20.0 Å². The Balaban J connectivity index is 3.41. The van der Waals surface area contributed by atoms with E-state index in [0.29, 0.717) is 8.31 Å². The van der Waals surface area contributed by atoms with Gasteiger partial charge in [-0.05, 0) is 28.1 Å². The second-order valence-electron chi connectivity index (χ2n) is 3.06. The highest BCUT2D eigenvalue weighted by atomic mass is 79.9. The Labute approximate surface area is 103 Å². The van der Waals surface area contributed by atoms with Gasteiger partial charge in [0.25, 0.3) is 0 Å². The van der Waals surface area contributed by atoms with Crippen molar-refractivity contribution in [2.75, 3.05) is 16.2 Å². The Kier molecular flexibility index (Phi) is 3.60. The first-order chi connectivity index (χ1) is 7.12. The zero-order chi connectivity index (χ0) is 12.6. The van der Waals surface area contributed by atoms with Crippen molar-refractivity contribution in [3.63, 3.8) is 0 Å². The van der Waals surface area contributed by atoms with Crippen molar-refractivity contribution in [2.24, 2.45) is 0 Å². The van der Waals surface area contributed by atoms with Crippen LogP contribution in [-0.2, 0) is 20.0 Å². The van der Waals surface area contributed by atoms with Crippen molar-refractivity contribution in [1.82, 2.24) is 4.98 Å². The molecule has 0 N–H and O–H groups in total. The lowest BCUT2D eigenvalue weighted by Crippen LogP contribution is -2.35. The number of hydrogen-bond donors (Lipinski definition) is 0. The average Bonchev–Trinajstić information content (AvgIpc) is 2.03.